The fraction of sp³-hybridized carbons (Fsp3) is 0.800. The lowest BCUT2D eigenvalue weighted by molar-refractivity contribution is 0.0292. The van der Waals surface area contributed by atoms with E-state index in [9.17, 15) is 4.79 Å². The second-order valence-corrected chi connectivity index (χ2v) is 5.44. The van der Waals surface area contributed by atoms with Gasteiger partial charge in [0, 0.05) is 19.1 Å². The van der Waals surface area contributed by atoms with E-state index in [1.54, 1.807) is 4.90 Å². The molecule has 7 heteroatoms. The molecule has 0 saturated carbocycles. The van der Waals surface area contributed by atoms with Gasteiger partial charge in [-0.15, -0.1) is 0 Å². The Morgan fingerprint density at radius 1 is 1.53 bits per heavy atom. The highest BCUT2D eigenvalue weighted by Crippen LogP contribution is 2.15. The molecule has 1 aliphatic rings. The number of hydrazine groups is 1. The lowest BCUT2D eigenvalue weighted by Gasteiger charge is -2.24. The molecule has 1 atom stereocenters. The van der Waals surface area contributed by atoms with Crippen molar-refractivity contribution in [2.45, 2.75) is 38.8 Å². The number of hydrogen-bond acceptors (Lipinski definition) is 4. The second kappa shape index (κ2) is 5.50. The second-order valence-electron chi connectivity index (χ2n) is 5.03. The third kappa shape index (κ3) is 4.74. The number of ether oxygens (including phenoxy) is 1. The fourth-order valence-corrected chi connectivity index (χ4v) is 1.76. The Morgan fingerprint density at radius 3 is 2.71 bits per heavy atom. The maximum absolute atomic E-state index is 11.8. The van der Waals surface area contributed by atoms with Gasteiger partial charge in [0.05, 0.1) is 0 Å². The average Bonchev–Trinajstić information content (AvgIpc) is 2.63. The molecule has 0 spiro atoms. The number of likely N-dealkylation sites (tertiary alicyclic amines) is 1. The highest BCUT2D eigenvalue weighted by atomic mass is 32.1. The minimum atomic E-state index is -0.462. The number of nitrogens with zero attached hydrogens (tertiary/aromatic N) is 1. The van der Waals surface area contributed by atoms with Crippen LogP contribution in [0.5, 0.6) is 0 Å². The van der Waals surface area contributed by atoms with Gasteiger partial charge < -0.3 is 20.4 Å². The maximum Gasteiger partial charge on any atom is 0.410 e. The highest BCUT2D eigenvalue weighted by molar-refractivity contribution is 7.80. The molecule has 98 valence electrons. The van der Waals surface area contributed by atoms with E-state index in [0.29, 0.717) is 18.2 Å². The van der Waals surface area contributed by atoms with Crippen molar-refractivity contribution in [2.24, 2.45) is 5.84 Å². The predicted octanol–water partition coefficient (Wildman–Crippen LogP) is 0.334. The van der Waals surface area contributed by atoms with E-state index in [2.05, 4.69) is 10.7 Å². The zero-order valence-electron chi connectivity index (χ0n) is 10.4. The SMILES string of the molecule is CC(C)(C)OC(=O)N1CCC(NC(=S)NN)C1. The summed E-state index contributed by atoms with van der Waals surface area (Å²) in [4.78, 5) is 13.4. The van der Waals surface area contributed by atoms with Gasteiger partial charge in [-0.2, -0.15) is 0 Å². The molecule has 0 bridgehead atoms. The summed E-state index contributed by atoms with van der Waals surface area (Å²) in [6, 6.07) is 0.131. The average molecular weight is 260 g/mol. The zero-order valence-corrected chi connectivity index (χ0v) is 11.3. The first kappa shape index (κ1) is 14.0. The summed E-state index contributed by atoms with van der Waals surface area (Å²) in [7, 11) is 0. The first-order valence-electron chi connectivity index (χ1n) is 5.57. The van der Waals surface area contributed by atoms with Gasteiger partial charge in [-0.1, -0.05) is 0 Å². The van der Waals surface area contributed by atoms with Crippen molar-refractivity contribution in [1.29, 1.82) is 0 Å². The Hall–Kier alpha value is -1.08. The van der Waals surface area contributed by atoms with Gasteiger partial charge in [-0.05, 0) is 39.4 Å². The Labute approximate surface area is 107 Å². The summed E-state index contributed by atoms with van der Waals surface area (Å²) in [6.07, 6.45) is 0.551. The van der Waals surface area contributed by atoms with Crippen molar-refractivity contribution in [3.63, 3.8) is 0 Å². The van der Waals surface area contributed by atoms with Gasteiger partial charge in [0.2, 0.25) is 0 Å². The van der Waals surface area contributed by atoms with Crippen LogP contribution in [0.3, 0.4) is 0 Å². The molecule has 0 aromatic carbocycles. The van der Waals surface area contributed by atoms with Crippen LogP contribution in [-0.2, 0) is 4.74 Å². The first-order chi connectivity index (χ1) is 7.81. The van der Waals surface area contributed by atoms with Crippen molar-refractivity contribution < 1.29 is 9.53 Å². The fourth-order valence-electron chi connectivity index (χ4n) is 1.60. The van der Waals surface area contributed by atoms with Gasteiger partial charge >= 0.3 is 6.09 Å². The topological polar surface area (TPSA) is 79.6 Å². The molecule has 1 rings (SSSR count). The summed E-state index contributed by atoms with van der Waals surface area (Å²) in [5.41, 5.74) is 1.90. The number of hydrogen-bond donors (Lipinski definition) is 3. The normalized spacial score (nSPS) is 20.0. The van der Waals surface area contributed by atoms with Gasteiger partial charge in [0.25, 0.3) is 0 Å². The lowest BCUT2D eigenvalue weighted by atomic mass is 10.2. The Morgan fingerprint density at radius 2 is 2.18 bits per heavy atom. The van der Waals surface area contributed by atoms with E-state index < -0.39 is 5.60 Å². The number of carbonyl (C=O) groups is 1. The van der Waals surface area contributed by atoms with E-state index in [1.807, 2.05) is 20.8 Å². The molecule has 1 amide bonds. The smallest absolute Gasteiger partial charge is 0.410 e. The molecule has 17 heavy (non-hydrogen) atoms. The number of amides is 1. The summed E-state index contributed by atoms with van der Waals surface area (Å²) in [5, 5.41) is 3.41. The largest absolute Gasteiger partial charge is 0.444 e. The number of thiocarbonyl (C=S) groups is 1. The van der Waals surface area contributed by atoms with Gasteiger partial charge in [-0.25, -0.2) is 10.6 Å². The van der Waals surface area contributed by atoms with Crippen LogP contribution in [0, 0.1) is 0 Å². The van der Waals surface area contributed by atoms with Crippen molar-refractivity contribution in [3.05, 3.63) is 0 Å². The molecule has 6 nitrogen and oxygen atoms in total. The molecular formula is C10H20N4O2S. The molecule has 0 aromatic heterocycles. The van der Waals surface area contributed by atoms with Gasteiger partial charge in [-0.3, -0.25) is 0 Å². The van der Waals surface area contributed by atoms with Crippen LogP contribution >= 0.6 is 12.2 Å². The molecule has 4 N–H and O–H groups in total. The minimum Gasteiger partial charge on any atom is -0.444 e. The van der Waals surface area contributed by atoms with E-state index in [0.717, 1.165) is 6.42 Å². The molecule has 1 fully saturated rings. The summed E-state index contributed by atoms with van der Waals surface area (Å²) in [5.74, 6) is 5.17. The molecule has 0 aromatic rings. The number of carbonyl (C=O) groups excluding carboxylic acids is 1. The Kier molecular flexibility index (Phi) is 4.53. The van der Waals surface area contributed by atoms with Crippen LogP contribution in [0.15, 0.2) is 0 Å². The zero-order chi connectivity index (χ0) is 13.1. The molecule has 1 aliphatic heterocycles. The molecule has 1 saturated heterocycles. The highest BCUT2D eigenvalue weighted by Gasteiger charge is 2.29. The van der Waals surface area contributed by atoms with E-state index in [-0.39, 0.29) is 12.1 Å². The van der Waals surface area contributed by atoms with Crippen molar-refractivity contribution in [3.8, 4) is 0 Å². The summed E-state index contributed by atoms with van der Waals surface area (Å²) < 4.78 is 5.29. The maximum atomic E-state index is 11.8. The minimum absolute atomic E-state index is 0.131. The number of nitrogens with two attached hydrogens (primary N) is 1. The van der Waals surface area contributed by atoms with Crippen molar-refractivity contribution >= 4 is 23.4 Å². The third-order valence-corrected chi connectivity index (χ3v) is 2.54. The summed E-state index contributed by atoms with van der Waals surface area (Å²) in [6.45, 7) is 6.80. The lowest BCUT2D eigenvalue weighted by Crippen LogP contribution is -2.46. The molecular weight excluding hydrogens is 240 g/mol. The Bertz CT molecular complexity index is 303. The van der Waals surface area contributed by atoms with Crippen molar-refractivity contribution in [2.75, 3.05) is 13.1 Å². The van der Waals surface area contributed by atoms with E-state index in [1.165, 1.54) is 0 Å². The number of nitrogens with one attached hydrogen (secondary N) is 2. The molecule has 0 radical (unpaired) electrons. The molecule has 1 unspecified atom stereocenters. The van der Waals surface area contributed by atoms with Crippen LogP contribution in [0.1, 0.15) is 27.2 Å². The van der Waals surface area contributed by atoms with E-state index in [4.69, 9.17) is 22.8 Å². The van der Waals surface area contributed by atoms with Crippen LogP contribution in [0.2, 0.25) is 0 Å². The third-order valence-electron chi connectivity index (χ3n) is 2.31. The molecule has 0 aliphatic carbocycles. The van der Waals surface area contributed by atoms with Crippen molar-refractivity contribution in [1.82, 2.24) is 15.6 Å². The van der Waals surface area contributed by atoms with Crippen LogP contribution in [0.4, 0.5) is 4.79 Å². The van der Waals surface area contributed by atoms with Crippen LogP contribution < -0.4 is 16.6 Å². The predicted molar refractivity (Wildman–Crippen MR) is 69.3 cm³/mol. The molecule has 1 heterocycles. The Balaban J connectivity index is 2.39. The quantitative estimate of drug-likeness (QED) is 0.358. The standard InChI is InChI=1S/C10H20N4O2S/c1-10(2,3)16-9(15)14-5-4-7(6-14)12-8(17)13-11/h7H,4-6,11H2,1-3H3,(H2,12,13,17). The monoisotopic (exact) mass is 260 g/mol. The van der Waals surface area contributed by atoms with Gasteiger partial charge in [0.1, 0.15) is 5.60 Å². The van der Waals surface area contributed by atoms with E-state index >= 15 is 0 Å². The first-order valence-corrected chi connectivity index (χ1v) is 5.97. The van der Waals surface area contributed by atoms with Crippen LogP contribution in [-0.4, -0.2) is 40.8 Å². The summed E-state index contributed by atoms with van der Waals surface area (Å²) >= 11 is 4.90. The van der Waals surface area contributed by atoms with Gasteiger partial charge in [0.15, 0.2) is 5.11 Å². The number of rotatable bonds is 1. The van der Waals surface area contributed by atoms with Crippen LogP contribution in [0.25, 0.3) is 0 Å².